The summed E-state index contributed by atoms with van der Waals surface area (Å²) in [6, 6.07) is 7.96. The maximum absolute atomic E-state index is 13.5. The number of benzene rings is 2. The molecule has 2 aromatic rings. The molecule has 0 bridgehead atoms. The van der Waals surface area contributed by atoms with Gasteiger partial charge in [-0.2, -0.15) is 4.31 Å². The third-order valence-electron chi connectivity index (χ3n) is 3.84. The van der Waals surface area contributed by atoms with E-state index in [1.807, 2.05) is 0 Å². The number of hydrogen-bond acceptors (Lipinski definition) is 6. The van der Waals surface area contributed by atoms with Crippen molar-refractivity contribution in [2.75, 3.05) is 32.8 Å². The van der Waals surface area contributed by atoms with Gasteiger partial charge in [0, 0.05) is 18.8 Å². The first-order chi connectivity index (χ1) is 12.8. The number of carbonyl (C=O) groups is 1. The Morgan fingerprint density at radius 2 is 1.96 bits per heavy atom. The molecule has 0 saturated heterocycles. The van der Waals surface area contributed by atoms with Gasteiger partial charge in [0.2, 0.25) is 22.7 Å². The molecule has 0 saturated carbocycles. The third kappa shape index (κ3) is 3.96. The molecule has 3 rings (SSSR count). The number of nitrogens with one attached hydrogen (secondary N) is 1. The second-order valence-electron chi connectivity index (χ2n) is 5.67. The maximum atomic E-state index is 13.5. The minimum Gasteiger partial charge on any atom is -0.495 e. The lowest BCUT2D eigenvalue weighted by atomic mass is 10.3. The SMILES string of the molecule is COc1ccc(F)cc1S(=O)(=O)N(C)CC(=O)Nc1ccc2c(c1)OCO2. The van der Waals surface area contributed by atoms with Crippen LogP contribution in [0.1, 0.15) is 0 Å². The number of methoxy groups -OCH3 is 1. The highest BCUT2D eigenvalue weighted by molar-refractivity contribution is 7.89. The summed E-state index contributed by atoms with van der Waals surface area (Å²) in [5.41, 5.74) is 0.429. The molecule has 1 aliphatic heterocycles. The van der Waals surface area contributed by atoms with Gasteiger partial charge < -0.3 is 19.5 Å². The van der Waals surface area contributed by atoms with Crippen molar-refractivity contribution >= 4 is 21.6 Å². The summed E-state index contributed by atoms with van der Waals surface area (Å²) in [7, 11) is -1.64. The minimum atomic E-state index is -4.14. The molecule has 0 atom stereocenters. The highest BCUT2D eigenvalue weighted by atomic mass is 32.2. The first-order valence-corrected chi connectivity index (χ1v) is 9.24. The molecule has 1 aliphatic rings. The van der Waals surface area contributed by atoms with E-state index in [0.29, 0.717) is 17.2 Å². The van der Waals surface area contributed by atoms with Crippen LogP contribution in [0.25, 0.3) is 0 Å². The van der Waals surface area contributed by atoms with Crippen molar-refractivity contribution in [2.24, 2.45) is 0 Å². The van der Waals surface area contributed by atoms with Crippen LogP contribution in [0.3, 0.4) is 0 Å². The highest BCUT2D eigenvalue weighted by Crippen LogP contribution is 2.34. The molecule has 0 aliphatic carbocycles. The van der Waals surface area contributed by atoms with Crippen LogP contribution >= 0.6 is 0 Å². The topological polar surface area (TPSA) is 94.2 Å². The Morgan fingerprint density at radius 1 is 1.22 bits per heavy atom. The first kappa shape index (κ1) is 18.9. The van der Waals surface area contributed by atoms with Crippen LogP contribution in [0, 0.1) is 5.82 Å². The van der Waals surface area contributed by atoms with Gasteiger partial charge in [0.1, 0.15) is 16.5 Å². The molecule has 10 heteroatoms. The van der Waals surface area contributed by atoms with Crippen molar-refractivity contribution in [2.45, 2.75) is 4.90 Å². The zero-order chi connectivity index (χ0) is 19.6. The molecule has 27 heavy (non-hydrogen) atoms. The smallest absolute Gasteiger partial charge is 0.247 e. The summed E-state index contributed by atoms with van der Waals surface area (Å²) in [6.07, 6.45) is 0. The predicted octanol–water partition coefficient (Wildman–Crippen LogP) is 1.82. The van der Waals surface area contributed by atoms with E-state index >= 15 is 0 Å². The van der Waals surface area contributed by atoms with Crippen LogP contribution in [-0.2, 0) is 14.8 Å². The number of fused-ring (bicyclic) bond motifs is 1. The summed E-state index contributed by atoms with van der Waals surface area (Å²) in [5.74, 6) is -0.272. The molecule has 1 N–H and O–H groups in total. The Morgan fingerprint density at radius 3 is 2.70 bits per heavy atom. The molecule has 144 valence electrons. The number of amides is 1. The van der Waals surface area contributed by atoms with Gasteiger partial charge in [0.25, 0.3) is 0 Å². The Labute approximate surface area is 155 Å². The lowest BCUT2D eigenvalue weighted by Gasteiger charge is -2.18. The lowest BCUT2D eigenvalue weighted by molar-refractivity contribution is -0.116. The summed E-state index contributed by atoms with van der Waals surface area (Å²) in [4.78, 5) is 11.9. The number of rotatable bonds is 6. The summed E-state index contributed by atoms with van der Waals surface area (Å²) in [5, 5.41) is 2.58. The molecular weight excluding hydrogens is 379 g/mol. The van der Waals surface area contributed by atoms with Crippen LogP contribution in [0.4, 0.5) is 10.1 Å². The van der Waals surface area contributed by atoms with Gasteiger partial charge in [0.05, 0.1) is 13.7 Å². The number of ether oxygens (including phenoxy) is 3. The van der Waals surface area contributed by atoms with E-state index < -0.39 is 28.3 Å². The molecule has 8 nitrogen and oxygen atoms in total. The van der Waals surface area contributed by atoms with E-state index in [-0.39, 0.29) is 17.4 Å². The monoisotopic (exact) mass is 396 g/mol. The molecular formula is C17H17FN2O6S. The van der Waals surface area contributed by atoms with Gasteiger partial charge in [-0.05, 0) is 30.3 Å². The van der Waals surface area contributed by atoms with Gasteiger partial charge in [-0.1, -0.05) is 0 Å². The largest absolute Gasteiger partial charge is 0.495 e. The normalized spacial score (nSPS) is 12.9. The fraction of sp³-hybridized carbons (Fsp3) is 0.235. The van der Waals surface area contributed by atoms with Crippen molar-refractivity contribution in [3.8, 4) is 17.2 Å². The van der Waals surface area contributed by atoms with Gasteiger partial charge in [-0.3, -0.25) is 4.79 Å². The van der Waals surface area contributed by atoms with Crippen LogP contribution in [0.5, 0.6) is 17.2 Å². The van der Waals surface area contributed by atoms with Gasteiger partial charge >= 0.3 is 0 Å². The van der Waals surface area contributed by atoms with Crippen LogP contribution in [0.2, 0.25) is 0 Å². The van der Waals surface area contributed by atoms with Crippen molar-refractivity contribution in [1.82, 2.24) is 4.31 Å². The Bertz CT molecular complexity index is 979. The highest BCUT2D eigenvalue weighted by Gasteiger charge is 2.27. The van der Waals surface area contributed by atoms with E-state index in [9.17, 15) is 17.6 Å². The van der Waals surface area contributed by atoms with Crippen LogP contribution in [-0.4, -0.2) is 46.1 Å². The molecule has 0 unspecified atom stereocenters. The number of anilines is 1. The quantitative estimate of drug-likeness (QED) is 0.801. The average molecular weight is 396 g/mol. The third-order valence-corrected chi connectivity index (χ3v) is 5.66. The summed E-state index contributed by atoms with van der Waals surface area (Å²) in [6.45, 7) is -0.375. The van der Waals surface area contributed by atoms with Gasteiger partial charge in [0.15, 0.2) is 11.5 Å². The number of nitrogens with zero attached hydrogens (tertiary/aromatic N) is 1. The molecule has 1 amide bonds. The number of halogens is 1. The van der Waals surface area contributed by atoms with Crippen molar-refractivity contribution < 1.29 is 31.8 Å². The molecule has 0 radical (unpaired) electrons. The van der Waals surface area contributed by atoms with E-state index in [1.54, 1.807) is 18.2 Å². The lowest BCUT2D eigenvalue weighted by Crippen LogP contribution is -2.35. The molecule has 1 heterocycles. The fourth-order valence-corrected chi connectivity index (χ4v) is 3.77. The van der Waals surface area contributed by atoms with Crippen LogP contribution in [0.15, 0.2) is 41.3 Å². The maximum Gasteiger partial charge on any atom is 0.247 e. The summed E-state index contributed by atoms with van der Waals surface area (Å²) >= 11 is 0. The standard InChI is InChI=1S/C17H17FN2O6S/c1-20(27(22,23)16-7-11(18)3-5-14(16)24-2)9-17(21)19-12-4-6-13-15(8-12)26-10-25-13/h3-8H,9-10H2,1-2H3,(H,19,21). The second kappa shape index (κ2) is 7.41. The number of likely N-dealkylation sites (N-methyl/N-ethyl adjacent to an activating group) is 1. The molecule has 0 fully saturated rings. The zero-order valence-electron chi connectivity index (χ0n) is 14.6. The Balaban J connectivity index is 1.73. The second-order valence-corrected chi connectivity index (χ2v) is 7.69. The summed E-state index contributed by atoms with van der Waals surface area (Å²) < 4.78 is 55.0. The van der Waals surface area contributed by atoms with E-state index in [1.165, 1.54) is 20.2 Å². The number of sulfonamides is 1. The number of hydrogen-bond donors (Lipinski definition) is 1. The number of carbonyl (C=O) groups excluding carboxylic acids is 1. The van der Waals surface area contributed by atoms with Gasteiger partial charge in [-0.15, -0.1) is 0 Å². The predicted molar refractivity (Wildman–Crippen MR) is 94.0 cm³/mol. The first-order valence-electron chi connectivity index (χ1n) is 7.80. The minimum absolute atomic E-state index is 0.0144. The van der Waals surface area contributed by atoms with Crippen molar-refractivity contribution in [3.63, 3.8) is 0 Å². The Hall–Kier alpha value is -2.85. The van der Waals surface area contributed by atoms with Gasteiger partial charge in [-0.25, -0.2) is 12.8 Å². The van der Waals surface area contributed by atoms with E-state index in [0.717, 1.165) is 16.4 Å². The Kier molecular flexibility index (Phi) is 5.19. The van der Waals surface area contributed by atoms with Crippen molar-refractivity contribution in [3.05, 3.63) is 42.2 Å². The molecule has 2 aromatic carbocycles. The fourth-order valence-electron chi connectivity index (χ4n) is 2.48. The average Bonchev–Trinajstić information content (AvgIpc) is 3.09. The van der Waals surface area contributed by atoms with E-state index in [4.69, 9.17) is 14.2 Å². The van der Waals surface area contributed by atoms with Crippen LogP contribution < -0.4 is 19.5 Å². The van der Waals surface area contributed by atoms with E-state index in [2.05, 4.69) is 5.32 Å². The zero-order valence-corrected chi connectivity index (χ0v) is 15.4. The van der Waals surface area contributed by atoms with Crippen molar-refractivity contribution in [1.29, 1.82) is 0 Å². The molecule has 0 spiro atoms. The molecule has 0 aromatic heterocycles.